The molecule has 4 amide bonds. The fourth-order valence-electron chi connectivity index (χ4n) is 7.67. The van der Waals surface area contributed by atoms with Gasteiger partial charge in [-0.2, -0.15) is 0 Å². The number of imide groups is 2. The third-order valence-corrected chi connectivity index (χ3v) is 9.49. The van der Waals surface area contributed by atoms with Gasteiger partial charge in [0, 0.05) is 45.1 Å². The summed E-state index contributed by atoms with van der Waals surface area (Å²) in [5.74, 6) is -1.31. The molecule has 2 unspecified atom stereocenters. The predicted molar refractivity (Wildman–Crippen MR) is 168 cm³/mol. The van der Waals surface area contributed by atoms with Crippen molar-refractivity contribution in [3.05, 3.63) is 75.6 Å². The Balaban J connectivity index is 1.63. The Morgan fingerprint density at radius 1 is 0.628 bits per heavy atom. The van der Waals surface area contributed by atoms with Crippen LogP contribution in [0.4, 0.5) is 5.69 Å². The van der Waals surface area contributed by atoms with Crippen molar-refractivity contribution in [2.75, 3.05) is 0 Å². The van der Waals surface area contributed by atoms with Gasteiger partial charge in [0.1, 0.15) is 0 Å². The fourth-order valence-corrected chi connectivity index (χ4v) is 7.67. The molecule has 0 spiro atoms. The summed E-state index contributed by atoms with van der Waals surface area (Å²) >= 11 is 0. The minimum Gasteiger partial charge on any atom is -0.272 e. The van der Waals surface area contributed by atoms with Crippen LogP contribution in [-0.2, 0) is 0 Å². The summed E-state index contributed by atoms with van der Waals surface area (Å²) in [5.41, 5.74) is 2.94. The van der Waals surface area contributed by atoms with Crippen LogP contribution in [0, 0.1) is 13.5 Å². The summed E-state index contributed by atoms with van der Waals surface area (Å²) in [6, 6.07) is 10.3. The largest absolute Gasteiger partial charge is 0.272 e. The quantitative estimate of drug-likeness (QED) is 0.0894. The van der Waals surface area contributed by atoms with Crippen LogP contribution >= 0.6 is 0 Å². The van der Waals surface area contributed by atoms with Gasteiger partial charge in [-0.1, -0.05) is 38.8 Å². The normalized spacial score (nSPS) is 16.3. The van der Waals surface area contributed by atoms with Crippen molar-refractivity contribution < 1.29 is 19.2 Å². The van der Waals surface area contributed by atoms with E-state index in [0.717, 1.165) is 39.9 Å². The molecule has 2 aliphatic heterocycles. The Bertz CT molecular complexity index is 2150. The predicted octanol–water partition coefficient (Wildman–Crippen LogP) is 8.17. The van der Waals surface area contributed by atoms with Crippen LogP contribution in [0.5, 0.6) is 0 Å². The summed E-state index contributed by atoms with van der Waals surface area (Å²) in [7, 11) is 0. The lowest BCUT2D eigenvalue weighted by atomic mass is 9.80. The van der Waals surface area contributed by atoms with Gasteiger partial charge in [-0.15, -0.1) is 0 Å². The van der Waals surface area contributed by atoms with Gasteiger partial charge in [-0.25, -0.2) is 4.85 Å². The van der Waals surface area contributed by atoms with Crippen molar-refractivity contribution in [2.24, 2.45) is 0 Å². The van der Waals surface area contributed by atoms with E-state index in [-0.39, 0.29) is 35.7 Å². The molecule has 0 bridgehead atoms. The summed E-state index contributed by atoms with van der Waals surface area (Å²) < 4.78 is 0. The van der Waals surface area contributed by atoms with Crippen LogP contribution in [0.15, 0.2) is 36.4 Å². The molecule has 2 aliphatic rings. The Kier molecular flexibility index (Phi) is 5.87. The molecule has 0 N–H and O–H groups in total. The molecular formula is C36H31N3O4. The van der Waals surface area contributed by atoms with Crippen LogP contribution in [0.1, 0.15) is 100 Å². The highest BCUT2D eigenvalue weighted by Crippen LogP contribution is 2.50. The molecule has 0 aromatic heterocycles. The molecule has 0 aliphatic carbocycles. The maximum Gasteiger partial charge on any atom is 0.261 e. The zero-order valence-electron chi connectivity index (χ0n) is 24.9. The maximum atomic E-state index is 13.9. The van der Waals surface area contributed by atoms with Gasteiger partial charge in [0.25, 0.3) is 23.6 Å². The van der Waals surface area contributed by atoms with Crippen LogP contribution in [0.25, 0.3) is 47.9 Å². The average Bonchev–Trinajstić information content (AvgIpc) is 2.98. The number of carbonyl (C=O) groups excluding carboxylic acids is 4. The SMILES string of the molecule is [C-]#[N+]c1cc2c3c(ccc4c5c(C)cc6c7c(ccc(c1c34)c75)C(=O)N(C(C)CCC)C6=O)C(=O)N(C(C)CCC)C2=O. The van der Waals surface area contributed by atoms with Gasteiger partial charge >= 0.3 is 0 Å². The Morgan fingerprint density at radius 2 is 1.07 bits per heavy atom. The fraction of sp³-hybridized carbons (Fsp3) is 0.306. The molecule has 2 atom stereocenters. The van der Waals surface area contributed by atoms with E-state index in [1.807, 2.05) is 52.8 Å². The first kappa shape index (κ1) is 27.0. The topological polar surface area (TPSA) is 79.1 Å². The highest BCUT2D eigenvalue weighted by molar-refractivity contribution is 6.43. The molecule has 5 aromatic rings. The number of amides is 4. The molecule has 0 radical (unpaired) electrons. The van der Waals surface area contributed by atoms with Crippen molar-refractivity contribution >= 4 is 72.4 Å². The molecule has 0 saturated heterocycles. The zero-order chi connectivity index (χ0) is 30.5. The Labute approximate surface area is 249 Å². The first-order valence-corrected chi connectivity index (χ1v) is 15.0. The van der Waals surface area contributed by atoms with E-state index in [0.29, 0.717) is 62.3 Å². The average molecular weight is 570 g/mol. The van der Waals surface area contributed by atoms with Crippen LogP contribution in [0.2, 0.25) is 0 Å². The first-order chi connectivity index (χ1) is 20.7. The molecule has 43 heavy (non-hydrogen) atoms. The summed E-state index contributed by atoms with van der Waals surface area (Å²) in [6.07, 6.45) is 3.08. The van der Waals surface area contributed by atoms with E-state index in [1.165, 1.54) is 9.80 Å². The van der Waals surface area contributed by atoms with E-state index in [1.54, 1.807) is 18.2 Å². The maximum absolute atomic E-state index is 13.9. The number of hydrogen-bond acceptors (Lipinski definition) is 4. The second-order valence-electron chi connectivity index (χ2n) is 12.1. The number of carbonyl (C=O) groups is 4. The second kappa shape index (κ2) is 9.34. The summed E-state index contributed by atoms with van der Waals surface area (Å²) in [4.78, 5) is 62.0. The number of nitrogens with zero attached hydrogens (tertiary/aromatic N) is 3. The minimum absolute atomic E-state index is 0.235. The van der Waals surface area contributed by atoms with E-state index in [4.69, 9.17) is 6.57 Å². The first-order valence-electron chi connectivity index (χ1n) is 15.0. The van der Waals surface area contributed by atoms with Gasteiger partial charge in [0.15, 0.2) is 5.69 Å². The van der Waals surface area contributed by atoms with E-state index in [9.17, 15) is 19.2 Å². The Morgan fingerprint density at radius 3 is 1.56 bits per heavy atom. The second-order valence-corrected chi connectivity index (χ2v) is 12.1. The van der Waals surface area contributed by atoms with Crippen molar-refractivity contribution in [3.8, 4) is 0 Å². The number of aryl methyl sites for hydroxylation is 1. The molecule has 7 nitrogen and oxygen atoms in total. The van der Waals surface area contributed by atoms with Gasteiger partial charge < -0.3 is 0 Å². The lowest BCUT2D eigenvalue weighted by Gasteiger charge is -2.34. The number of rotatable bonds is 6. The molecule has 2 heterocycles. The van der Waals surface area contributed by atoms with Crippen molar-refractivity contribution in [1.29, 1.82) is 0 Å². The number of benzene rings is 5. The monoisotopic (exact) mass is 569 g/mol. The highest BCUT2D eigenvalue weighted by Gasteiger charge is 2.40. The Hall–Kier alpha value is -4.83. The number of fused-ring (bicyclic) bond motifs is 2. The zero-order valence-corrected chi connectivity index (χ0v) is 24.9. The molecular weight excluding hydrogens is 538 g/mol. The molecule has 7 heteroatoms. The molecule has 5 aromatic carbocycles. The summed E-state index contributed by atoms with van der Waals surface area (Å²) in [6.45, 7) is 17.9. The van der Waals surface area contributed by atoms with E-state index >= 15 is 0 Å². The smallest absolute Gasteiger partial charge is 0.261 e. The van der Waals surface area contributed by atoms with Crippen LogP contribution < -0.4 is 0 Å². The van der Waals surface area contributed by atoms with Gasteiger partial charge in [-0.3, -0.25) is 29.0 Å². The molecule has 7 rings (SSSR count). The molecule has 214 valence electrons. The van der Waals surface area contributed by atoms with Crippen LogP contribution in [0.3, 0.4) is 0 Å². The minimum atomic E-state index is -0.378. The third-order valence-electron chi connectivity index (χ3n) is 9.49. The van der Waals surface area contributed by atoms with E-state index < -0.39 is 0 Å². The lowest BCUT2D eigenvalue weighted by Crippen LogP contribution is -2.46. The standard InChI is InChI=1S/C36H31N3O4/c1-7-9-18(4)38-33(40)22-14-12-21-30-26(37-6)16-25-29-23(34(41)39(36(25)43)19(5)10-8-2)13-11-20(32(29)30)27-17(3)15-24(35(38)42)28(22)31(21)27/h11-16,18-19H,7-10H2,1-5H3. The van der Waals surface area contributed by atoms with Crippen molar-refractivity contribution in [2.45, 2.75) is 72.4 Å². The highest BCUT2D eigenvalue weighted by atomic mass is 16.2. The number of hydrogen-bond donors (Lipinski definition) is 0. The summed E-state index contributed by atoms with van der Waals surface area (Å²) in [5, 5.41) is 5.68. The van der Waals surface area contributed by atoms with Crippen LogP contribution in [-0.4, -0.2) is 45.5 Å². The van der Waals surface area contributed by atoms with Gasteiger partial charge in [0.05, 0.1) is 6.57 Å². The van der Waals surface area contributed by atoms with E-state index in [2.05, 4.69) is 4.85 Å². The molecule has 0 saturated carbocycles. The lowest BCUT2D eigenvalue weighted by molar-refractivity contribution is 0.0528. The van der Waals surface area contributed by atoms with Gasteiger partial charge in [0.2, 0.25) is 0 Å². The van der Waals surface area contributed by atoms with Crippen molar-refractivity contribution in [1.82, 2.24) is 9.80 Å². The van der Waals surface area contributed by atoms with Crippen molar-refractivity contribution in [3.63, 3.8) is 0 Å². The van der Waals surface area contributed by atoms with Gasteiger partial charge in [-0.05, 0) is 95.8 Å². The third kappa shape index (κ3) is 3.35. The molecule has 0 fully saturated rings.